The number of nitrogens with one attached hydrogen (secondary N) is 1. The molecule has 0 radical (unpaired) electrons. The molecule has 0 bridgehead atoms. The van der Waals surface area contributed by atoms with Crippen LogP contribution in [-0.2, 0) is 0 Å². The second kappa shape index (κ2) is 9.75. The Bertz CT molecular complexity index is 241. The lowest BCUT2D eigenvalue weighted by Crippen LogP contribution is -2.48. The summed E-state index contributed by atoms with van der Waals surface area (Å²) in [6.45, 7) is 11.3. The Morgan fingerprint density at radius 2 is 1.90 bits per heavy atom. The van der Waals surface area contributed by atoms with E-state index in [2.05, 4.69) is 31.0 Å². The average molecular weight is 284 g/mol. The first-order chi connectivity index (χ1) is 9.65. The smallest absolute Gasteiger partial charge is 0.0558 e. The molecule has 3 nitrogen and oxygen atoms in total. The number of hydrogen-bond acceptors (Lipinski definition) is 3. The molecule has 0 heterocycles. The van der Waals surface area contributed by atoms with Crippen molar-refractivity contribution in [1.29, 1.82) is 0 Å². The molecule has 120 valence electrons. The van der Waals surface area contributed by atoms with Crippen LogP contribution in [0.2, 0.25) is 0 Å². The first-order valence-electron chi connectivity index (χ1n) is 8.71. The fourth-order valence-electron chi connectivity index (χ4n) is 3.71. The van der Waals surface area contributed by atoms with Gasteiger partial charge < -0.3 is 10.4 Å². The van der Waals surface area contributed by atoms with Crippen LogP contribution in [0.25, 0.3) is 0 Å². The topological polar surface area (TPSA) is 35.5 Å². The minimum atomic E-state index is 0.292. The third kappa shape index (κ3) is 6.11. The van der Waals surface area contributed by atoms with Gasteiger partial charge >= 0.3 is 0 Å². The molecule has 1 unspecified atom stereocenters. The zero-order chi connectivity index (χ0) is 14.8. The van der Waals surface area contributed by atoms with Crippen LogP contribution in [0.4, 0.5) is 0 Å². The lowest BCUT2D eigenvalue weighted by atomic mass is 9.83. The number of aliphatic hydroxyl groups is 1. The van der Waals surface area contributed by atoms with Gasteiger partial charge in [0.2, 0.25) is 0 Å². The quantitative estimate of drug-likeness (QED) is 0.647. The normalized spacial score (nSPS) is 20.2. The Morgan fingerprint density at radius 1 is 1.20 bits per heavy atom. The summed E-state index contributed by atoms with van der Waals surface area (Å²) >= 11 is 0. The average Bonchev–Trinajstić information content (AvgIpc) is 2.46. The molecule has 1 fully saturated rings. The molecule has 0 aromatic rings. The Labute approximate surface area is 126 Å². The van der Waals surface area contributed by atoms with E-state index >= 15 is 0 Å². The summed E-state index contributed by atoms with van der Waals surface area (Å²) in [6.07, 6.45) is 9.27. The van der Waals surface area contributed by atoms with Gasteiger partial charge in [-0.05, 0) is 31.2 Å². The first-order valence-corrected chi connectivity index (χ1v) is 8.71. The summed E-state index contributed by atoms with van der Waals surface area (Å²) in [4.78, 5) is 2.58. The molecule has 1 rings (SSSR count). The Balaban J connectivity index is 2.62. The third-order valence-corrected chi connectivity index (χ3v) is 4.72. The van der Waals surface area contributed by atoms with Gasteiger partial charge in [0.05, 0.1) is 6.61 Å². The molecule has 0 aromatic carbocycles. The molecule has 0 spiro atoms. The molecule has 1 aliphatic carbocycles. The third-order valence-electron chi connectivity index (χ3n) is 4.72. The molecule has 0 aromatic heterocycles. The molecule has 1 atom stereocenters. The number of nitrogens with zero attached hydrogens (tertiary/aromatic N) is 1. The SMILES string of the molecule is CCCC(C)(CNCC)CN(CCO)C1CCCCC1. The number of aliphatic hydroxyl groups excluding tert-OH is 1. The van der Waals surface area contributed by atoms with E-state index in [1.165, 1.54) is 44.9 Å². The largest absolute Gasteiger partial charge is 0.395 e. The van der Waals surface area contributed by atoms with Crippen LogP contribution in [-0.4, -0.2) is 48.8 Å². The summed E-state index contributed by atoms with van der Waals surface area (Å²) in [5.74, 6) is 0. The van der Waals surface area contributed by atoms with Crippen LogP contribution in [0, 0.1) is 5.41 Å². The lowest BCUT2D eigenvalue weighted by molar-refractivity contribution is 0.0718. The van der Waals surface area contributed by atoms with Crippen LogP contribution in [0.1, 0.15) is 65.7 Å². The van der Waals surface area contributed by atoms with Crippen molar-refractivity contribution in [2.24, 2.45) is 5.41 Å². The van der Waals surface area contributed by atoms with Crippen molar-refractivity contribution in [2.45, 2.75) is 71.8 Å². The van der Waals surface area contributed by atoms with Crippen molar-refractivity contribution in [1.82, 2.24) is 10.2 Å². The summed E-state index contributed by atoms with van der Waals surface area (Å²) in [6, 6.07) is 0.703. The van der Waals surface area contributed by atoms with E-state index in [1.54, 1.807) is 0 Å². The highest BCUT2D eigenvalue weighted by Gasteiger charge is 2.29. The van der Waals surface area contributed by atoms with E-state index in [0.29, 0.717) is 18.1 Å². The predicted molar refractivity (Wildman–Crippen MR) is 87.1 cm³/mol. The zero-order valence-corrected chi connectivity index (χ0v) is 14.0. The van der Waals surface area contributed by atoms with Gasteiger partial charge in [-0.2, -0.15) is 0 Å². The molecule has 3 heteroatoms. The maximum atomic E-state index is 9.41. The highest BCUT2D eigenvalue weighted by atomic mass is 16.3. The number of rotatable bonds is 10. The maximum absolute atomic E-state index is 9.41. The summed E-state index contributed by atoms with van der Waals surface area (Å²) in [5, 5.41) is 12.9. The molecule has 0 saturated heterocycles. The van der Waals surface area contributed by atoms with Gasteiger partial charge in [-0.3, -0.25) is 4.90 Å². The van der Waals surface area contributed by atoms with Crippen molar-refractivity contribution < 1.29 is 5.11 Å². The monoisotopic (exact) mass is 284 g/mol. The Kier molecular flexibility index (Phi) is 8.74. The summed E-state index contributed by atoms with van der Waals surface area (Å²) < 4.78 is 0. The van der Waals surface area contributed by atoms with Gasteiger partial charge in [0.1, 0.15) is 0 Å². The van der Waals surface area contributed by atoms with Gasteiger partial charge in [-0.15, -0.1) is 0 Å². The lowest BCUT2D eigenvalue weighted by Gasteiger charge is -2.41. The molecular formula is C17H36N2O. The second-order valence-electron chi connectivity index (χ2n) is 6.83. The standard InChI is InChI=1S/C17H36N2O/c1-4-11-17(3,14-18-5-2)15-19(12-13-20)16-9-7-6-8-10-16/h16,18,20H,4-15H2,1-3H3. The van der Waals surface area contributed by atoms with E-state index in [-0.39, 0.29) is 0 Å². The van der Waals surface area contributed by atoms with Crippen molar-refractivity contribution in [3.8, 4) is 0 Å². The fourth-order valence-corrected chi connectivity index (χ4v) is 3.71. The van der Waals surface area contributed by atoms with Crippen LogP contribution < -0.4 is 5.32 Å². The molecule has 2 N–H and O–H groups in total. The van der Waals surface area contributed by atoms with Gasteiger partial charge in [0.25, 0.3) is 0 Å². The van der Waals surface area contributed by atoms with Crippen molar-refractivity contribution in [2.75, 3.05) is 32.8 Å². The Hall–Kier alpha value is -0.120. The molecule has 1 saturated carbocycles. The van der Waals surface area contributed by atoms with E-state index in [1.807, 2.05) is 0 Å². The van der Waals surface area contributed by atoms with Gasteiger partial charge in [-0.25, -0.2) is 0 Å². The second-order valence-corrected chi connectivity index (χ2v) is 6.83. The van der Waals surface area contributed by atoms with Crippen molar-refractivity contribution in [3.05, 3.63) is 0 Å². The molecular weight excluding hydrogens is 248 g/mol. The van der Waals surface area contributed by atoms with Gasteiger partial charge in [-0.1, -0.05) is 46.5 Å². The fraction of sp³-hybridized carbons (Fsp3) is 1.00. The van der Waals surface area contributed by atoms with E-state index in [9.17, 15) is 5.11 Å². The highest BCUT2D eigenvalue weighted by Crippen LogP contribution is 2.29. The zero-order valence-electron chi connectivity index (χ0n) is 14.0. The molecule has 20 heavy (non-hydrogen) atoms. The maximum Gasteiger partial charge on any atom is 0.0558 e. The van der Waals surface area contributed by atoms with Crippen molar-refractivity contribution >= 4 is 0 Å². The summed E-state index contributed by atoms with van der Waals surface area (Å²) in [5.41, 5.74) is 0.331. The van der Waals surface area contributed by atoms with E-state index in [4.69, 9.17) is 0 Å². The molecule has 1 aliphatic rings. The van der Waals surface area contributed by atoms with Crippen LogP contribution in [0.3, 0.4) is 0 Å². The summed E-state index contributed by atoms with van der Waals surface area (Å²) in [7, 11) is 0. The number of hydrogen-bond donors (Lipinski definition) is 2. The van der Waals surface area contributed by atoms with Crippen molar-refractivity contribution in [3.63, 3.8) is 0 Å². The van der Waals surface area contributed by atoms with Gasteiger partial charge in [0, 0.05) is 25.7 Å². The van der Waals surface area contributed by atoms with Gasteiger partial charge in [0.15, 0.2) is 0 Å². The predicted octanol–water partition coefficient (Wildman–Crippen LogP) is 3.03. The minimum Gasteiger partial charge on any atom is -0.395 e. The van der Waals surface area contributed by atoms with E-state index in [0.717, 1.165) is 26.2 Å². The van der Waals surface area contributed by atoms with E-state index < -0.39 is 0 Å². The van der Waals surface area contributed by atoms with Crippen LogP contribution >= 0.6 is 0 Å². The van der Waals surface area contributed by atoms with Crippen LogP contribution in [0.15, 0.2) is 0 Å². The highest BCUT2D eigenvalue weighted by molar-refractivity contribution is 4.85. The minimum absolute atomic E-state index is 0.292. The molecule has 0 aliphatic heterocycles. The Morgan fingerprint density at radius 3 is 2.45 bits per heavy atom. The first kappa shape index (κ1) is 17.9. The van der Waals surface area contributed by atoms with Crippen LogP contribution in [0.5, 0.6) is 0 Å². The molecule has 0 amide bonds.